The van der Waals surface area contributed by atoms with E-state index in [0.29, 0.717) is 5.69 Å². The van der Waals surface area contributed by atoms with E-state index in [1.807, 2.05) is 6.07 Å². The van der Waals surface area contributed by atoms with Gasteiger partial charge in [-0.1, -0.05) is 20.8 Å². The first-order valence-electron chi connectivity index (χ1n) is 7.89. The molecular formula is C17H26N2O2. The highest BCUT2D eigenvalue weighted by Crippen LogP contribution is 2.59. The van der Waals surface area contributed by atoms with Crippen LogP contribution in [-0.2, 0) is 4.74 Å². The standard InChI is InChI=1S/C17H26N2O2/c1-15(2,3)17-8-4-7-16(17,20)9-5-14(21-17)12-6-10-19-11-13(12)18/h6,10-11,14,20H,4-5,7-9,18H2,1-3H3/t14-,16-,17-/m1/s1. The zero-order valence-electron chi connectivity index (χ0n) is 13.2. The fourth-order valence-corrected chi connectivity index (χ4v) is 4.41. The van der Waals surface area contributed by atoms with E-state index in [-0.39, 0.29) is 11.5 Å². The predicted octanol–water partition coefficient (Wildman–Crippen LogP) is 3.22. The van der Waals surface area contributed by atoms with Crippen LogP contribution in [0.4, 0.5) is 5.69 Å². The molecule has 1 aromatic heterocycles. The topological polar surface area (TPSA) is 68.4 Å². The molecule has 3 atom stereocenters. The lowest BCUT2D eigenvalue weighted by Crippen LogP contribution is -2.62. The predicted molar refractivity (Wildman–Crippen MR) is 82.7 cm³/mol. The molecule has 4 nitrogen and oxygen atoms in total. The summed E-state index contributed by atoms with van der Waals surface area (Å²) < 4.78 is 6.57. The van der Waals surface area contributed by atoms with E-state index < -0.39 is 11.2 Å². The van der Waals surface area contributed by atoms with Crippen molar-refractivity contribution in [1.82, 2.24) is 4.98 Å². The molecule has 4 heteroatoms. The minimum absolute atomic E-state index is 0.0504. The number of aliphatic hydroxyl groups is 1. The van der Waals surface area contributed by atoms with Crippen molar-refractivity contribution in [2.45, 2.75) is 70.2 Å². The fraction of sp³-hybridized carbons (Fsp3) is 0.706. The van der Waals surface area contributed by atoms with Gasteiger partial charge in [0.25, 0.3) is 0 Å². The molecule has 2 aliphatic rings. The molecule has 1 aliphatic heterocycles. The number of nitrogens with two attached hydrogens (primary N) is 1. The fourth-order valence-electron chi connectivity index (χ4n) is 4.41. The maximum Gasteiger partial charge on any atom is 0.102 e. The summed E-state index contributed by atoms with van der Waals surface area (Å²) in [7, 11) is 0. The van der Waals surface area contributed by atoms with Gasteiger partial charge in [0.2, 0.25) is 0 Å². The Labute approximate surface area is 126 Å². The number of nitrogens with zero attached hydrogens (tertiary/aromatic N) is 1. The highest BCUT2D eigenvalue weighted by Gasteiger charge is 2.63. The molecule has 0 amide bonds. The second kappa shape index (κ2) is 4.68. The van der Waals surface area contributed by atoms with E-state index in [9.17, 15) is 5.11 Å². The SMILES string of the molecule is CC(C)(C)[C@]12CCC[C@@]1(O)CC[C@H](c1ccncc1N)O2. The minimum atomic E-state index is -0.705. The van der Waals surface area contributed by atoms with Gasteiger partial charge in [0.1, 0.15) is 5.60 Å². The quantitative estimate of drug-likeness (QED) is 0.833. The summed E-state index contributed by atoms with van der Waals surface area (Å²) in [5, 5.41) is 11.2. The largest absolute Gasteiger partial charge is 0.397 e. The number of hydrogen-bond donors (Lipinski definition) is 2. The van der Waals surface area contributed by atoms with Gasteiger partial charge in [-0.2, -0.15) is 0 Å². The first-order valence-corrected chi connectivity index (χ1v) is 7.89. The van der Waals surface area contributed by atoms with Crippen LogP contribution >= 0.6 is 0 Å². The van der Waals surface area contributed by atoms with Gasteiger partial charge in [-0.05, 0) is 43.6 Å². The average Bonchev–Trinajstić information content (AvgIpc) is 2.76. The second-order valence-electron chi connectivity index (χ2n) is 7.61. The first kappa shape index (κ1) is 14.8. The van der Waals surface area contributed by atoms with Gasteiger partial charge in [-0.15, -0.1) is 0 Å². The Balaban J connectivity index is 1.99. The van der Waals surface area contributed by atoms with Crippen LogP contribution in [0.2, 0.25) is 0 Å². The summed E-state index contributed by atoms with van der Waals surface area (Å²) in [4.78, 5) is 4.06. The van der Waals surface area contributed by atoms with Gasteiger partial charge in [0.15, 0.2) is 0 Å². The molecule has 116 valence electrons. The number of pyridine rings is 1. The third kappa shape index (κ3) is 2.08. The van der Waals surface area contributed by atoms with E-state index >= 15 is 0 Å². The van der Waals surface area contributed by atoms with E-state index in [2.05, 4.69) is 25.8 Å². The van der Waals surface area contributed by atoms with Gasteiger partial charge in [0, 0.05) is 11.8 Å². The zero-order chi connectivity index (χ0) is 15.3. The summed E-state index contributed by atoms with van der Waals surface area (Å²) in [5.41, 5.74) is 6.44. The molecular weight excluding hydrogens is 264 g/mol. The Hall–Kier alpha value is -1.13. The van der Waals surface area contributed by atoms with Crippen LogP contribution in [0.1, 0.15) is 64.5 Å². The summed E-state index contributed by atoms with van der Waals surface area (Å²) in [6.45, 7) is 6.50. The van der Waals surface area contributed by atoms with Crippen molar-refractivity contribution < 1.29 is 9.84 Å². The number of nitrogen functional groups attached to an aromatic ring is 1. The van der Waals surface area contributed by atoms with Crippen molar-refractivity contribution in [3.05, 3.63) is 24.0 Å². The molecule has 2 fully saturated rings. The molecule has 2 heterocycles. The van der Waals surface area contributed by atoms with E-state index in [4.69, 9.17) is 10.5 Å². The monoisotopic (exact) mass is 290 g/mol. The highest BCUT2D eigenvalue weighted by molar-refractivity contribution is 5.45. The van der Waals surface area contributed by atoms with Crippen LogP contribution in [0, 0.1) is 5.41 Å². The Morgan fingerprint density at radius 1 is 1.33 bits per heavy atom. The number of hydrogen-bond acceptors (Lipinski definition) is 4. The molecule has 0 bridgehead atoms. The first-order chi connectivity index (χ1) is 9.79. The van der Waals surface area contributed by atoms with Crippen molar-refractivity contribution in [3.63, 3.8) is 0 Å². The highest BCUT2D eigenvalue weighted by atomic mass is 16.5. The Morgan fingerprint density at radius 2 is 2.10 bits per heavy atom. The molecule has 3 rings (SSSR count). The number of ether oxygens (including phenoxy) is 1. The van der Waals surface area contributed by atoms with E-state index in [0.717, 1.165) is 37.7 Å². The number of rotatable bonds is 1. The normalized spacial score (nSPS) is 36.5. The summed E-state index contributed by atoms with van der Waals surface area (Å²) >= 11 is 0. The van der Waals surface area contributed by atoms with Crippen molar-refractivity contribution in [2.24, 2.45) is 5.41 Å². The van der Waals surface area contributed by atoms with Gasteiger partial charge in [-0.3, -0.25) is 4.98 Å². The lowest BCUT2D eigenvalue weighted by molar-refractivity contribution is -0.269. The molecule has 0 radical (unpaired) electrons. The van der Waals surface area contributed by atoms with Gasteiger partial charge >= 0.3 is 0 Å². The van der Waals surface area contributed by atoms with Gasteiger partial charge < -0.3 is 15.6 Å². The smallest absolute Gasteiger partial charge is 0.102 e. The number of fused-ring (bicyclic) bond motifs is 1. The maximum atomic E-state index is 11.2. The lowest BCUT2D eigenvalue weighted by Gasteiger charge is -2.55. The van der Waals surface area contributed by atoms with Crippen molar-refractivity contribution >= 4 is 5.69 Å². The molecule has 0 spiro atoms. The average molecular weight is 290 g/mol. The zero-order valence-corrected chi connectivity index (χ0v) is 13.2. The van der Waals surface area contributed by atoms with Crippen LogP contribution in [0.5, 0.6) is 0 Å². The summed E-state index contributed by atoms with van der Waals surface area (Å²) in [6, 6.07) is 1.94. The summed E-state index contributed by atoms with van der Waals surface area (Å²) in [6.07, 6.45) is 7.74. The van der Waals surface area contributed by atoms with Gasteiger partial charge in [-0.25, -0.2) is 0 Å². The molecule has 1 saturated heterocycles. The molecule has 3 N–H and O–H groups in total. The third-order valence-corrected chi connectivity index (χ3v) is 5.48. The Kier molecular flexibility index (Phi) is 3.30. The van der Waals surface area contributed by atoms with Crippen LogP contribution in [0.15, 0.2) is 18.5 Å². The molecule has 21 heavy (non-hydrogen) atoms. The maximum absolute atomic E-state index is 11.2. The number of anilines is 1. The Morgan fingerprint density at radius 3 is 2.76 bits per heavy atom. The molecule has 0 aromatic carbocycles. The van der Waals surface area contributed by atoms with E-state index in [1.165, 1.54) is 0 Å². The van der Waals surface area contributed by atoms with Crippen LogP contribution in [-0.4, -0.2) is 21.3 Å². The third-order valence-electron chi connectivity index (χ3n) is 5.48. The van der Waals surface area contributed by atoms with Crippen LogP contribution < -0.4 is 5.73 Å². The minimum Gasteiger partial charge on any atom is -0.397 e. The number of aromatic nitrogens is 1. The second-order valence-corrected chi connectivity index (χ2v) is 7.61. The molecule has 1 aliphatic carbocycles. The van der Waals surface area contributed by atoms with Crippen molar-refractivity contribution in [3.8, 4) is 0 Å². The van der Waals surface area contributed by atoms with Crippen molar-refractivity contribution in [1.29, 1.82) is 0 Å². The van der Waals surface area contributed by atoms with Gasteiger partial charge in [0.05, 0.1) is 23.6 Å². The van der Waals surface area contributed by atoms with Crippen LogP contribution in [0.3, 0.4) is 0 Å². The Bertz CT molecular complexity index is 540. The lowest BCUT2D eigenvalue weighted by atomic mass is 9.64. The molecule has 1 aromatic rings. The van der Waals surface area contributed by atoms with Crippen LogP contribution in [0.25, 0.3) is 0 Å². The van der Waals surface area contributed by atoms with E-state index in [1.54, 1.807) is 12.4 Å². The molecule has 0 unspecified atom stereocenters. The summed E-state index contributed by atoms with van der Waals surface area (Å²) in [5.74, 6) is 0. The van der Waals surface area contributed by atoms with Crippen molar-refractivity contribution in [2.75, 3.05) is 5.73 Å². The molecule has 1 saturated carbocycles.